The van der Waals surface area contributed by atoms with Gasteiger partial charge in [-0.1, -0.05) is 243 Å². The molecule has 2 aromatic heterocycles. The van der Waals surface area contributed by atoms with Gasteiger partial charge in [-0.15, -0.1) is 0 Å². The first-order valence-electron chi connectivity index (χ1n) is 25.2. The van der Waals surface area contributed by atoms with Crippen LogP contribution in [0.25, 0.3) is 45.0 Å². The average Bonchev–Trinajstić information content (AvgIpc) is 3.50. The normalized spacial score (nSPS) is 11.2. The predicted octanol–water partition coefficient (Wildman–Crippen LogP) is 14.3. The largest absolute Gasteiger partial charge is 0.311 e. The smallest absolute Gasteiger partial charge is 0.238 e. The van der Waals surface area contributed by atoms with Gasteiger partial charge in [-0.3, -0.25) is 0 Å². The van der Waals surface area contributed by atoms with Crippen molar-refractivity contribution in [2.45, 2.75) is 0 Å². The van der Waals surface area contributed by atoms with Gasteiger partial charge >= 0.3 is 0 Å². The van der Waals surface area contributed by atoms with Crippen molar-refractivity contribution in [3.05, 3.63) is 303 Å². The van der Waals surface area contributed by atoms with Crippen LogP contribution in [0.5, 0.6) is 0 Å². The highest BCUT2D eigenvalue weighted by molar-refractivity contribution is 7.19. The van der Waals surface area contributed by atoms with Crippen LogP contribution < -0.4 is 30.5 Å². The second-order valence-corrected chi connectivity index (χ2v) is 22.1. The molecule has 0 N–H and O–H groups in total. The van der Waals surface area contributed by atoms with Crippen molar-refractivity contribution in [3.8, 4) is 45.0 Å². The molecule has 12 aromatic rings. The minimum absolute atomic E-state index is 0.443. The van der Waals surface area contributed by atoms with Crippen LogP contribution in [0.2, 0.25) is 0 Å². The number of anilines is 6. The van der Waals surface area contributed by atoms with Crippen LogP contribution in [0.3, 0.4) is 0 Å². The van der Waals surface area contributed by atoms with Crippen molar-refractivity contribution in [1.82, 2.24) is 19.9 Å². The van der Waals surface area contributed by atoms with E-state index in [4.69, 9.17) is 19.9 Å². The highest BCUT2D eigenvalue weighted by atomic mass is 28.3. The maximum atomic E-state index is 5.41. The second-order valence-electron chi connectivity index (χ2n) is 18.3. The number of nitrogens with zero attached hydrogens (tertiary/aromatic N) is 6. The van der Waals surface area contributed by atoms with E-state index in [1.165, 1.54) is 20.7 Å². The standard InChI is InChI=1S/C68H50N6Si/c1-9-25-51(26-10-1)63-49-64(52-27-11-2-12-28-52)70-67(69-63)74(68-71-65(53-29-13-3-14-30-53)50-66(72-68)54-31-15-4-16-32-54)58-43-47-62(48-44-58)75(59-37-21-7-22-38-59,60-39-23-8-24-40-60)61-45-41-57(42-46-61)73(55-33-17-5-18-34-55)56-35-19-6-20-36-56/h1-50H. The van der Waals surface area contributed by atoms with Gasteiger partial charge in [0.15, 0.2) is 8.07 Å². The van der Waals surface area contributed by atoms with Gasteiger partial charge in [0.2, 0.25) is 11.9 Å². The number of rotatable bonds is 14. The van der Waals surface area contributed by atoms with Crippen molar-refractivity contribution in [3.63, 3.8) is 0 Å². The molecule has 10 aromatic carbocycles. The third-order valence-electron chi connectivity index (χ3n) is 13.7. The molecule has 75 heavy (non-hydrogen) atoms. The Morgan fingerprint density at radius 2 is 0.440 bits per heavy atom. The summed E-state index contributed by atoms with van der Waals surface area (Å²) in [6.07, 6.45) is 0. The number of para-hydroxylation sites is 2. The Morgan fingerprint density at radius 1 is 0.213 bits per heavy atom. The van der Waals surface area contributed by atoms with Crippen molar-refractivity contribution in [1.29, 1.82) is 0 Å². The lowest BCUT2D eigenvalue weighted by molar-refractivity contribution is 1.02. The molecular weight excluding hydrogens is 929 g/mol. The SMILES string of the molecule is c1ccc(-c2cc(-c3ccccc3)nc(N(c3ccc([Si](c4ccccc4)(c4ccccc4)c4ccc(N(c5ccccc5)c5ccccc5)cc4)cc3)c3nc(-c4ccccc4)cc(-c4ccccc4)n3)n2)cc1. The fraction of sp³-hybridized carbons (Fsp3) is 0. The lowest BCUT2D eigenvalue weighted by atomic mass is 10.1. The van der Waals surface area contributed by atoms with Crippen LogP contribution in [-0.2, 0) is 0 Å². The fourth-order valence-corrected chi connectivity index (χ4v) is 14.8. The van der Waals surface area contributed by atoms with Crippen LogP contribution in [-0.4, -0.2) is 28.0 Å². The van der Waals surface area contributed by atoms with Crippen molar-refractivity contribution < 1.29 is 0 Å². The third kappa shape index (κ3) is 9.43. The van der Waals surface area contributed by atoms with Crippen molar-refractivity contribution >= 4 is 63.5 Å². The zero-order chi connectivity index (χ0) is 50.2. The molecular formula is C68H50N6Si. The van der Waals surface area contributed by atoms with Crippen LogP contribution in [0.4, 0.5) is 34.6 Å². The predicted molar refractivity (Wildman–Crippen MR) is 312 cm³/mol. The molecule has 2 heterocycles. The minimum atomic E-state index is -3.04. The third-order valence-corrected chi connectivity index (χ3v) is 18.5. The Bertz CT molecular complexity index is 3460. The minimum Gasteiger partial charge on any atom is -0.311 e. The first kappa shape index (κ1) is 46.3. The van der Waals surface area contributed by atoms with E-state index in [2.05, 4.69) is 235 Å². The lowest BCUT2D eigenvalue weighted by Gasteiger charge is -2.35. The van der Waals surface area contributed by atoms with Crippen molar-refractivity contribution in [2.24, 2.45) is 0 Å². The van der Waals surface area contributed by atoms with Crippen LogP contribution >= 0.6 is 0 Å². The maximum absolute atomic E-state index is 5.41. The number of aromatic nitrogens is 4. The molecule has 0 radical (unpaired) electrons. The molecule has 12 rings (SSSR count). The highest BCUT2D eigenvalue weighted by Gasteiger charge is 2.41. The molecule has 0 fully saturated rings. The van der Waals surface area contributed by atoms with Gasteiger partial charge in [0.25, 0.3) is 0 Å². The first-order chi connectivity index (χ1) is 37.2. The summed E-state index contributed by atoms with van der Waals surface area (Å²) in [5.41, 5.74) is 11.1. The van der Waals surface area contributed by atoms with E-state index in [0.717, 1.165) is 67.8 Å². The Morgan fingerprint density at radius 3 is 0.733 bits per heavy atom. The Labute approximate surface area is 439 Å². The van der Waals surface area contributed by atoms with E-state index >= 15 is 0 Å². The maximum Gasteiger partial charge on any atom is 0.238 e. The fourth-order valence-electron chi connectivity index (χ4n) is 10.1. The number of hydrogen-bond donors (Lipinski definition) is 0. The first-order valence-corrected chi connectivity index (χ1v) is 27.2. The molecule has 6 nitrogen and oxygen atoms in total. The summed E-state index contributed by atoms with van der Waals surface area (Å²) in [4.78, 5) is 26.0. The van der Waals surface area contributed by atoms with Gasteiger partial charge in [0.1, 0.15) is 0 Å². The summed E-state index contributed by atoms with van der Waals surface area (Å²) in [6.45, 7) is 0. The Balaban J connectivity index is 1.08. The molecule has 0 aliphatic rings. The van der Waals surface area contributed by atoms with Gasteiger partial charge in [-0.25, -0.2) is 24.8 Å². The zero-order valence-corrected chi connectivity index (χ0v) is 42.1. The van der Waals surface area contributed by atoms with E-state index < -0.39 is 8.07 Å². The molecule has 0 spiro atoms. The molecule has 7 heteroatoms. The van der Waals surface area contributed by atoms with Crippen LogP contribution in [0.1, 0.15) is 0 Å². The summed E-state index contributed by atoms with van der Waals surface area (Å²) in [7, 11) is -3.04. The van der Waals surface area contributed by atoms with Gasteiger partial charge in [-0.05, 0) is 81.4 Å². The summed E-state index contributed by atoms with van der Waals surface area (Å²) in [5, 5.41) is 5.02. The monoisotopic (exact) mass is 978 g/mol. The molecule has 0 aliphatic heterocycles. The summed E-state index contributed by atoms with van der Waals surface area (Å²) >= 11 is 0. The summed E-state index contributed by atoms with van der Waals surface area (Å²) in [5.74, 6) is 0.887. The Kier molecular flexibility index (Phi) is 13.0. The van der Waals surface area contributed by atoms with Gasteiger partial charge < -0.3 is 4.90 Å². The molecule has 0 bridgehead atoms. The van der Waals surface area contributed by atoms with Crippen LogP contribution in [0.15, 0.2) is 303 Å². The molecule has 0 aliphatic carbocycles. The number of hydrogen-bond acceptors (Lipinski definition) is 6. The van der Waals surface area contributed by atoms with E-state index in [9.17, 15) is 0 Å². The summed E-state index contributed by atoms with van der Waals surface area (Å²) < 4.78 is 0. The van der Waals surface area contributed by atoms with Crippen LogP contribution in [0, 0.1) is 0 Å². The molecule has 0 atom stereocenters. The van der Waals surface area contributed by atoms with Crippen molar-refractivity contribution in [2.75, 3.05) is 9.80 Å². The van der Waals surface area contributed by atoms with E-state index in [0.29, 0.717) is 11.9 Å². The number of benzene rings is 10. The van der Waals surface area contributed by atoms with Gasteiger partial charge in [-0.2, -0.15) is 0 Å². The average molecular weight is 979 g/mol. The topological polar surface area (TPSA) is 58.0 Å². The molecule has 0 saturated carbocycles. The van der Waals surface area contributed by atoms with Gasteiger partial charge in [0.05, 0.1) is 28.5 Å². The zero-order valence-electron chi connectivity index (χ0n) is 41.1. The van der Waals surface area contributed by atoms with E-state index in [1.54, 1.807) is 0 Å². The molecule has 0 amide bonds. The molecule has 0 saturated heterocycles. The van der Waals surface area contributed by atoms with E-state index in [-0.39, 0.29) is 0 Å². The Hall–Kier alpha value is -9.82. The highest BCUT2D eigenvalue weighted by Crippen LogP contribution is 2.37. The molecule has 0 unspecified atom stereocenters. The second kappa shape index (κ2) is 21.1. The summed E-state index contributed by atoms with van der Waals surface area (Å²) in [6, 6.07) is 107. The lowest BCUT2D eigenvalue weighted by Crippen LogP contribution is -2.74. The van der Waals surface area contributed by atoms with Gasteiger partial charge in [0, 0.05) is 39.3 Å². The van der Waals surface area contributed by atoms with E-state index in [1.807, 2.05) is 77.7 Å². The quantitative estimate of drug-likeness (QED) is 0.0799. The molecule has 356 valence electrons.